The Kier molecular flexibility index (Phi) is 4.89. The van der Waals surface area contributed by atoms with Gasteiger partial charge in [0, 0.05) is 20.3 Å². The van der Waals surface area contributed by atoms with E-state index in [2.05, 4.69) is 18.2 Å². The van der Waals surface area contributed by atoms with Crippen molar-refractivity contribution >= 4 is 35.2 Å². The predicted molar refractivity (Wildman–Crippen MR) is 110 cm³/mol. The maximum Gasteiger partial charge on any atom is 0.414 e. The Labute approximate surface area is 167 Å². The van der Waals surface area contributed by atoms with Gasteiger partial charge in [0.15, 0.2) is 5.76 Å². The fourth-order valence-corrected chi connectivity index (χ4v) is 4.51. The first-order valence-corrected chi connectivity index (χ1v) is 9.90. The van der Waals surface area contributed by atoms with Crippen LogP contribution in [0.4, 0.5) is 4.79 Å². The highest BCUT2D eigenvalue weighted by molar-refractivity contribution is 8.03. The maximum atomic E-state index is 12.4. The van der Waals surface area contributed by atoms with Crippen molar-refractivity contribution < 1.29 is 9.53 Å². The van der Waals surface area contributed by atoms with Crippen LogP contribution in [0.5, 0.6) is 0 Å². The number of ether oxygens (including phenoxy) is 1. The van der Waals surface area contributed by atoms with Crippen LogP contribution >= 0.6 is 23.4 Å². The molecule has 1 amide bonds. The van der Waals surface area contributed by atoms with E-state index in [1.165, 1.54) is 4.90 Å². The zero-order valence-electron chi connectivity index (χ0n) is 15.1. The molecule has 0 fully saturated rings. The number of aromatic nitrogens is 1. The zero-order valence-corrected chi connectivity index (χ0v) is 16.7. The molecule has 1 aromatic heterocycles. The predicted octanol–water partition coefficient (Wildman–Crippen LogP) is 5.88. The average Bonchev–Trinajstić information content (AvgIpc) is 3.10. The van der Waals surface area contributed by atoms with Crippen molar-refractivity contribution in [2.24, 2.45) is 0 Å². The van der Waals surface area contributed by atoms with Gasteiger partial charge in [0.2, 0.25) is 0 Å². The molecule has 0 unspecified atom stereocenters. The van der Waals surface area contributed by atoms with Crippen LogP contribution in [0.25, 0.3) is 11.4 Å². The van der Waals surface area contributed by atoms with Gasteiger partial charge in [0.25, 0.3) is 0 Å². The molecule has 138 valence electrons. The Balaban J connectivity index is 1.96. The number of amides is 1. The number of fused-ring (bicyclic) bond motifs is 3. The molecule has 2 aromatic rings. The van der Waals surface area contributed by atoms with Crippen LogP contribution in [0.3, 0.4) is 0 Å². The van der Waals surface area contributed by atoms with Crippen LogP contribution < -0.4 is 0 Å². The zero-order chi connectivity index (χ0) is 19.0. The van der Waals surface area contributed by atoms with Crippen LogP contribution in [0.15, 0.2) is 70.1 Å². The molecule has 2 aliphatic rings. The number of benzene rings is 1. The number of carbonyl (C=O) groups excluding carboxylic acids is 1. The topological polar surface area (TPSA) is 34.5 Å². The Morgan fingerprint density at radius 1 is 1.22 bits per heavy atom. The van der Waals surface area contributed by atoms with E-state index < -0.39 is 6.09 Å². The van der Waals surface area contributed by atoms with Crippen molar-refractivity contribution in [2.75, 3.05) is 14.1 Å². The molecule has 1 aromatic carbocycles. The second kappa shape index (κ2) is 7.33. The average molecular weight is 399 g/mol. The second-order valence-corrected chi connectivity index (χ2v) is 7.94. The van der Waals surface area contributed by atoms with Crippen LogP contribution in [0, 0.1) is 0 Å². The molecule has 0 N–H and O–H groups in total. The van der Waals surface area contributed by atoms with E-state index in [-0.39, 0.29) is 0 Å². The highest BCUT2D eigenvalue weighted by atomic mass is 35.5. The molecule has 0 bridgehead atoms. The van der Waals surface area contributed by atoms with Crippen molar-refractivity contribution in [2.45, 2.75) is 17.7 Å². The van der Waals surface area contributed by atoms with Gasteiger partial charge in [-0.15, -0.1) is 0 Å². The van der Waals surface area contributed by atoms with E-state index in [1.54, 1.807) is 25.9 Å². The van der Waals surface area contributed by atoms with E-state index >= 15 is 0 Å². The van der Waals surface area contributed by atoms with Crippen LogP contribution in [-0.4, -0.2) is 29.7 Å². The van der Waals surface area contributed by atoms with Crippen LogP contribution in [-0.2, 0) is 4.74 Å². The molecule has 4 nitrogen and oxygen atoms in total. The lowest BCUT2D eigenvalue weighted by molar-refractivity contribution is 0.162. The fourth-order valence-electron chi connectivity index (χ4n) is 3.08. The molecule has 0 saturated carbocycles. The first kappa shape index (κ1) is 18.0. The lowest BCUT2D eigenvalue weighted by Crippen LogP contribution is -2.23. The molecule has 0 saturated heterocycles. The summed E-state index contributed by atoms with van der Waals surface area (Å²) in [4.78, 5) is 15.7. The van der Waals surface area contributed by atoms with Gasteiger partial charge in [-0.2, -0.15) is 0 Å². The minimum Gasteiger partial charge on any atom is -0.407 e. The summed E-state index contributed by atoms with van der Waals surface area (Å²) in [6, 6.07) is 9.75. The van der Waals surface area contributed by atoms with Gasteiger partial charge in [-0.1, -0.05) is 47.7 Å². The Hall–Kier alpha value is -2.37. The summed E-state index contributed by atoms with van der Waals surface area (Å²) in [6.45, 7) is 0. The van der Waals surface area contributed by atoms with Crippen molar-refractivity contribution in [1.82, 2.24) is 9.47 Å². The van der Waals surface area contributed by atoms with E-state index in [0.29, 0.717) is 10.8 Å². The lowest BCUT2D eigenvalue weighted by atomic mass is 10.1. The molecule has 0 atom stereocenters. The maximum absolute atomic E-state index is 12.4. The third-order valence-electron chi connectivity index (χ3n) is 4.41. The summed E-state index contributed by atoms with van der Waals surface area (Å²) in [6.07, 6.45) is 9.94. The molecule has 4 rings (SSSR count). The van der Waals surface area contributed by atoms with E-state index in [4.69, 9.17) is 16.3 Å². The highest BCUT2D eigenvalue weighted by Gasteiger charge is 2.28. The summed E-state index contributed by atoms with van der Waals surface area (Å²) >= 11 is 8.09. The van der Waals surface area contributed by atoms with Gasteiger partial charge in [-0.05, 0) is 42.7 Å². The van der Waals surface area contributed by atoms with Gasteiger partial charge < -0.3 is 14.2 Å². The third-order valence-corrected chi connectivity index (χ3v) is 6.09. The van der Waals surface area contributed by atoms with Crippen LogP contribution in [0.1, 0.15) is 18.5 Å². The summed E-state index contributed by atoms with van der Waals surface area (Å²) in [5.41, 5.74) is 2.85. The summed E-state index contributed by atoms with van der Waals surface area (Å²) in [7, 11) is 3.35. The largest absolute Gasteiger partial charge is 0.414 e. The monoisotopic (exact) mass is 398 g/mol. The second-order valence-electron chi connectivity index (χ2n) is 6.51. The number of hydrogen-bond donors (Lipinski definition) is 0. The number of thioether (sulfide) groups is 1. The Bertz CT molecular complexity index is 1000. The molecular weight excluding hydrogens is 380 g/mol. The molecule has 0 spiro atoms. The van der Waals surface area contributed by atoms with E-state index in [1.807, 2.05) is 41.1 Å². The van der Waals surface area contributed by atoms with Crippen molar-refractivity contribution in [1.29, 1.82) is 0 Å². The summed E-state index contributed by atoms with van der Waals surface area (Å²) in [5.74, 6) is 0.550. The van der Waals surface area contributed by atoms with E-state index in [0.717, 1.165) is 39.6 Å². The summed E-state index contributed by atoms with van der Waals surface area (Å²) in [5, 5.41) is 0.676. The molecule has 1 aliphatic carbocycles. The minimum absolute atomic E-state index is 0.409. The first-order chi connectivity index (χ1) is 13.1. The van der Waals surface area contributed by atoms with Gasteiger partial charge >= 0.3 is 6.09 Å². The fraction of sp³-hybridized carbons (Fsp3) is 0.190. The molecule has 2 heterocycles. The molecule has 6 heteroatoms. The normalized spacial score (nSPS) is 15.6. The van der Waals surface area contributed by atoms with Crippen molar-refractivity contribution in [3.05, 3.63) is 76.0 Å². The van der Waals surface area contributed by atoms with Gasteiger partial charge in [0.1, 0.15) is 0 Å². The van der Waals surface area contributed by atoms with Gasteiger partial charge in [-0.25, -0.2) is 4.79 Å². The lowest BCUT2D eigenvalue weighted by Gasteiger charge is -2.18. The highest BCUT2D eigenvalue weighted by Crippen LogP contribution is 2.47. The molecule has 0 radical (unpaired) electrons. The first-order valence-electron chi connectivity index (χ1n) is 8.71. The number of nitrogens with zero attached hydrogens (tertiary/aromatic N) is 2. The molecular formula is C21H19ClN2O2S. The Morgan fingerprint density at radius 3 is 2.81 bits per heavy atom. The number of hydrogen-bond acceptors (Lipinski definition) is 3. The van der Waals surface area contributed by atoms with Crippen LogP contribution in [0.2, 0.25) is 5.02 Å². The van der Waals surface area contributed by atoms with E-state index in [9.17, 15) is 4.79 Å². The molecule has 1 aliphatic heterocycles. The SMILES string of the molecule is CN(C)C(=O)OC1=C(C2=CCCC=C2)Sc2c(Cl)cccc2-n2cccc21. The number of rotatable bonds is 2. The smallest absolute Gasteiger partial charge is 0.407 e. The number of halogens is 1. The Morgan fingerprint density at radius 2 is 2.07 bits per heavy atom. The third kappa shape index (κ3) is 3.33. The molecule has 27 heavy (non-hydrogen) atoms. The summed E-state index contributed by atoms with van der Waals surface area (Å²) < 4.78 is 7.88. The quantitative estimate of drug-likeness (QED) is 0.633. The van der Waals surface area contributed by atoms with Gasteiger partial charge in [-0.3, -0.25) is 0 Å². The van der Waals surface area contributed by atoms with Gasteiger partial charge in [0.05, 0.1) is 26.2 Å². The number of allylic oxidation sites excluding steroid dienone is 4. The van der Waals surface area contributed by atoms with Crippen molar-refractivity contribution in [3.63, 3.8) is 0 Å². The van der Waals surface area contributed by atoms with Crippen molar-refractivity contribution in [3.8, 4) is 5.69 Å². The minimum atomic E-state index is -0.409. The standard InChI is InChI=1S/C21H19ClN2O2S/c1-23(2)21(25)26-18-16-12-7-13-24(16)17-11-6-10-15(22)20(17)27-19(18)14-8-4-3-5-9-14/h4,6-13H,3,5H2,1-2H3. The number of carbonyl (C=O) groups is 1.